The molecule has 1 heterocycles. The number of amides is 1. The van der Waals surface area contributed by atoms with E-state index in [2.05, 4.69) is 20.8 Å². The molecule has 4 heteroatoms. The van der Waals surface area contributed by atoms with Crippen molar-refractivity contribution >= 4 is 11.9 Å². The van der Waals surface area contributed by atoms with Crippen molar-refractivity contribution in [3.05, 3.63) is 0 Å². The molecule has 0 aromatic heterocycles. The maximum absolute atomic E-state index is 12.9. The first-order valence-electron chi connectivity index (χ1n) is 8.00. The summed E-state index contributed by atoms with van der Waals surface area (Å²) in [4.78, 5) is 26.3. The molecule has 114 valence electrons. The van der Waals surface area contributed by atoms with Gasteiger partial charge >= 0.3 is 5.97 Å². The van der Waals surface area contributed by atoms with Crippen LogP contribution in [0.4, 0.5) is 0 Å². The van der Waals surface area contributed by atoms with Gasteiger partial charge in [-0.1, -0.05) is 13.3 Å². The minimum atomic E-state index is -0.795. The van der Waals surface area contributed by atoms with E-state index >= 15 is 0 Å². The number of carboxylic acids is 1. The van der Waals surface area contributed by atoms with E-state index in [0.717, 1.165) is 32.1 Å². The standard InChI is InChI=1S/C16H27NO3/c1-4-12-8-13(14(9-12)16(19)20)15(18)17-10(2)6-5-7-11(17)3/h10-14H,4-9H2,1-3H3,(H,19,20). The van der Waals surface area contributed by atoms with Gasteiger partial charge in [0.05, 0.1) is 11.8 Å². The van der Waals surface area contributed by atoms with Crippen LogP contribution in [0.15, 0.2) is 0 Å². The fraction of sp³-hybridized carbons (Fsp3) is 0.875. The predicted molar refractivity (Wildman–Crippen MR) is 77.3 cm³/mol. The Kier molecular flexibility index (Phi) is 4.71. The van der Waals surface area contributed by atoms with Gasteiger partial charge in [-0.05, 0) is 51.9 Å². The Labute approximate surface area is 121 Å². The predicted octanol–water partition coefficient (Wildman–Crippen LogP) is 2.91. The second-order valence-electron chi connectivity index (χ2n) is 6.67. The van der Waals surface area contributed by atoms with E-state index in [4.69, 9.17) is 0 Å². The summed E-state index contributed by atoms with van der Waals surface area (Å²) in [7, 11) is 0. The van der Waals surface area contributed by atoms with Crippen molar-refractivity contribution in [3.8, 4) is 0 Å². The lowest BCUT2D eigenvalue weighted by molar-refractivity contribution is -0.152. The van der Waals surface area contributed by atoms with Gasteiger partial charge in [0.1, 0.15) is 0 Å². The van der Waals surface area contributed by atoms with E-state index in [-0.39, 0.29) is 23.9 Å². The normalized spacial score (nSPS) is 38.0. The summed E-state index contributed by atoms with van der Waals surface area (Å²) in [6.45, 7) is 6.27. The molecular formula is C16H27NO3. The molecule has 1 saturated heterocycles. The van der Waals surface area contributed by atoms with Gasteiger partial charge in [-0.15, -0.1) is 0 Å². The zero-order valence-electron chi connectivity index (χ0n) is 12.8. The molecule has 0 radical (unpaired) electrons. The van der Waals surface area contributed by atoms with Gasteiger partial charge in [0.25, 0.3) is 0 Å². The summed E-state index contributed by atoms with van der Waals surface area (Å²) in [5.41, 5.74) is 0. The average Bonchev–Trinajstić information content (AvgIpc) is 2.82. The molecule has 5 atom stereocenters. The van der Waals surface area contributed by atoms with Gasteiger partial charge in [-0.3, -0.25) is 9.59 Å². The molecular weight excluding hydrogens is 254 g/mol. The van der Waals surface area contributed by atoms with Crippen LogP contribution in [0.5, 0.6) is 0 Å². The first-order chi connectivity index (χ1) is 9.45. The molecule has 0 bridgehead atoms. The Hall–Kier alpha value is -1.06. The molecule has 2 aliphatic rings. The van der Waals surface area contributed by atoms with E-state index < -0.39 is 11.9 Å². The number of nitrogens with zero attached hydrogens (tertiary/aromatic N) is 1. The molecule has 1 saturated carbocycles. The maximum Gasteiger partial charge on any atom is 0.307 e. The fourth-order valence-corrected chi connectivity index (χ4v) is 4.07. The number of hydrogen-bond donors (Lipinski definition) is 1. The van der Waals surface area contributed by atoms with Crippen LogP contribution >= 0.6 is 0 Å². The SMILES string of the molecule is CCC1CC(C(=O)O)C(C(=O)N2C(C)CCCC2C)C1. The van der Waals surface area contributed by atoms with E-state index in [1.807, 2.05) is 4.90 Å². The van der Waals surface area contributed by atoms with E-state index in [1.165, 1.54) is 0 Å². The summed E-state index contributed by atoms with van der Waals surface area (Å²) in [6.07, 6.45) is 5.63. The highest BCUT2D eigenvalue weighted by Crippen LogP contribution is 2.40. The molecule has 0 aromatic rings. The van der Waals surface area contributed by atoms with Gasteiger partial charge < -0.3 is 10.0 Å². The van der Waals surface area contributed by atoms with E-state index in [0.29, 0.717) is 12.3 Å². The fourth-order valence-electron chi connectivity index (χ4n) is 4.07. The van der Waals surface area contributed by atoms with Gasteiger partial charge in [0.15, 0.2) is 0 Å². The molecule has 1 aliphatic carbocycles. The first kappa shape index (κ1) is 15.3. The lowest BCUT2D eigenvalue weighted by Crippen LogP contribution is -2.50. The molecule has 0 aromatic carbocycles. The molecule has 2 fully saturated rings. The van der Waals surface area contributed by atoms with Crippen LogP contribution in [-0.2, 0) is 9.59 Å². The Bertz CT molecular complexity index is 372. The first-order valence-corrected chi connectivity index (χ1v) is 8.00. The number of piperidine rings is 1. The van der Waals surface area contributed by atoms with Crippen LogP contribution < -0.4 is 0 Å². The van der Waals surface area contributed by atoms with Crippen molar-refractivity contribution in [2.24, 2.45) is 17.8 Å². The van der Waals surface area contributed by atoms with Crippen LogP contribution in [0, 0.1) is 17.8 Å². The molecule has 1 aliphatic heterocycles. The lowest BCUT2D eigenvalue weighted by Gasteiger charge is -2.41. The van der Waals surface area contributed by atoms with Gasteiger partial charge in [-0.25, -0.2) is 0 Å². The summed E-state index contributed by atoms with van der Waals surface area (Å²) < 4.78 is 0. The summed E-state index contributed by atoms with van der Waals surface area (Å²) in [5.74, 6) is -1.10. The molecule has 2 rings (SSSR count). The van der Waals surface area contributed by atoms with Gasteiger partial charge in [0, 0.05) is 12.1 Å². The van der Waals surface area contributed by atoms with Crippen molar-refractivity contribution in [1.82, 2.24) is 4.90 Å². The highest BCUT2D eigenvalue weighted by Gasteiger charge is 2.45. The molecule has 1 amide bonds. The third-order valence-electron chi connectivity index (χ3n) is 5.32. The average molecular weight is 281 g/mol. The number of likely N-dealkylation sites (tertiary alicyclic amines) is 1. The third-order valence-corrected chi connectivity index (χ3v) is 5.32. The van der Waals surface area contributed by atoms with E-state index in [1.54, 1.807) is 0 Å². The molecule has 5 unspecified atom stereocenters. The zero-order chi connectivity index (χ0) is 14.9. The molecule has 1 N–H and O–H groups in total. The zero-order valence-corrected chi connectivity index (χ0v) is 12.8. The monoisotopic (exact) mass is 281 g/mol. The smallest absolute Gasteiger partial charge is 0.307 e. The van der Waals surface area contributed by atoms with Crippen molar-refractivity contribution in [2.75, 3.05) is 0 Å². The lowest BCUT2D eigenvalue weighted by atomic mass is 9.90. The van der Waals surface area contributed by atoms with Crippen LogP contribution in [-0.4, -0.2) is 34.0 Å². The quantitative estimate of drug-likeness (QED) is 0.865. The third kappa shape index (κ3) is 2.84. The molecule has 0 spiro atoms. The van der Waals surface area contributed by atoms with Crippen LogP contribution in [0.3, 0.4) is 0 Å². The number of hydrogen-bond acceptors (Lipinski definition) is 2. The Morgan fingerprint density at radius 2 is 1.65 bits per heavy atom. The minimum absolute atomic E-state index is 0.0908. The van der Waals surface area contributed by atoms with Crippen LogP contribution in [0.25, 0.3) is 0 Å². The topological polar surface area (TPSA) is 57.6 Å². The molecule has 4 nitrogen and oxygen atoms in total. The second kappa shape index (κ2) is 6.15. The largest absolute Gasteiger partial charge is 0.481 e. The van der Waals surface area contributed by atoms with E-state index in [9.17, 15) is 14.7 Å². The summed E-state index contributed by atoms with van der Waals surface area (Å²) in [6, 6.07) is 0.503. The highest BCUT2D eigenvalue weighted by molar-refractivity contribution is 5.86. The molecule has 20 heavy (non-hydrogen) atoms. The van der Waals surface area contributed by atoms with Crippen molar-refractivity contribution < 1.29 is 14.7 Å². The van der Waals surface area contributed by atoms with Crippen LogP contribution in [0.2, 0.25) is 0 Å². The number of rotatable bonds is 3. The summed E-state index contributed by atoms with van der Waals surface area (Å²) in [5, 5.41) is 9.41. The highest BCUT2D eigenvalue weighted by atomic mass is 16.4. The second-order valence-corrected chi connectivity index (χ2v) is 6.67. The van der Waals surface area contributed by atoms with Gasteiger partial charge in [-0.2, -0.15) is 0 Å². The number of carboxylic acid groups (broad SMARTS) is 1. The van der Waals surface area contributed by atoms with Crippen molar-refractivity contribution in [2.45, 2.75) is 71.4 Å². The van der Waals surface area contributed by atoms with Gasteiger partial charge in [0.2, 0.25) is 5.91 Å². The van der Waals surface area contributed by atoms with Crippen LogP contribution in [0.1, 0.15) is 59.3 Å². The number of carbonyl (C=O) groups excluding carboxylic acids is 1. The van der Waals surface area contributed by atoms with Crippen molar-refractivity contribution in [1.29, 1.82) is 0 Å². The Balaban J connectivity index is 2.15. The summed E-state index contributed by atoms with van der Waals surface area (Å²) >= 11 is 0. The van der Waals surface area contributed by atoms with Crippen molar-refractivity contribution in [3.63, 3.8) is 0 Å². The maximum atomic E-state index is 12.9. The number of aliphatic carboxylic acids is 1. The minimum Gasteiger partial charge on any atom is -0.481 e. The number of carbonyl (C=O) groups is 2. The Morgan fingerprint density at radius 1 is 1.10 bits per heavy atom. The Morgan fingerprint density at radius 3 is 2.15 bits per heavy atom.